The molecule has 2 atom stereocenters. The monoisotopic (exact) mass is 368 g/mol. The van der Waals surface area contributed by atoms with E-state index < -0.39 is 0 Å². The van der Waals surface area contributed by atoms with Crippen molar-refractivity contribution in [2.24, 2.45) is 5.92 Å². The van der Waals surface area contributed by atoms with Gasteiger partial charge >= 0.3 is 0 Å². The van der Waals surface area contributed by atoms with Crippen molar-refractivity contribution in [2.75, 3.05) is 26.7 Å². The van der Waals surface area contributed by atoms with E-state index in [1.54, 1.807) is 12.1 Å². The molecule has 3 aliphatic heterocycles. The van der Waals surface area contributed by atoms with E-state index in [1.807, 2.05) is 29.2 Å². The van der Waals surface area contributed by atoms with Crippen LogP contribution in [-0.2, 0) is 6.61 Å². The van der Waals surface area contributed by atoms with Gasteiger partial charge in [-0.05, 0) is 61.7 Å². The molecule has 0 radical (unpaired) electrons. The summed E-state index contributed by atoms with van der Waals surface area (Å²) in [5.41, 5.74) is 1.42. The Morgan fingerprint density at radius 1 is 1.11 bits per heavy atom. The Labute approximate surface area is 159 Å². The Bertz CT molecular complexity index is 825. The molecule has 142 valence electrons. The maximum atomic E-state index is 13.3. The zero-order chi connectivity index (χ0) is 18.8. The van der Waals surface area contributed by atoms with E-state index in [4.69, 9.17) is 4.74 Å². The number of fused-ring (bicyclic) bond motifs is 4. The lowest BCUT2D eigenvalue weighted by Crippen LogP contribution is -2.47. The number of hydrogen-bond acceptors (Lipinski definition) is 3. The summed E-state index contributed by atoms with van der Waals surface area (Å²) in [7, 11) is 2.14. The quantitative estimate of drug-likeness (QED) is 0.827. The van der Waals surface area contributed by atoms with Crippen LogP contribution in [0.25, 0.3) is 0 Å². The maximum Gasteiger partial charge on any atom is 0.254 e. The van der Waals surface area contributed by atoms with Gasteiger partial charge < -0.3 is 14.5 Å². The third-order valence-electron chi connectivity index (χ3n) is 5.53. The number of carbonyl (C=O) groups is 1. The largest absolute Gasteiger partial charge is 0.489 e. The van der Waals surface area contributed by atoms with Gasteiger partial charge in [-0.15, -0.1) is 0 Å². The Kier molecular flexibility index (Phi) is 5.12. The molecule has 2 aromatic rings. The first kappa shape index (κ1) is 18.0. The summed E-state index contributed by atoms with van der Waals surface area (Å²) in [5.74, 6) is 0.990. The standard InChI is InChI=1S/C22H25FN2O2/c1-24-12-17-8-9-20(14-24)25(13-17)22(26)18-5-3-7-21(11-18)27-15-16-4-2-6-19(23)10-16/h2-7,10-11,17,20H,8-9,12-15H2,1H3/t17-,20+/m0/s1. The normalized spacial score (nSPS) is 22.5. The number of rotatable bonds is 4. The number of ether oxygens (including phenoxy) is 1. The van der Waals surface area contributed by atoms with Gasteiger partial charge in [0, 0.05) is 31.2 Å². The predicted octanol–water partition coefficient (Wildman–Crippen LogP) is 3.57. The van der Waals surface area contributed by atoms with Crippen molar-refractivity contribution in [3.8, 4) is 5.75 Å². The predicted molar refractivity (Wildman–Crippen MR) is 102 cm³/mol. The fourth-order valence-electron chi connectivity index (χ4n) is 4.24. The van der Waals surface area contributed by atoms with E-state index >= 15 is 0 Å². The highest BCUT2D eigenvalue weighted by Gasteiger charge is 2.36. The van der Waals surface area contributed by atoms with Gasteiger partial charge in [0.15, 0.2) is 0 Å². The number of hydrogen-bond donors (Lipinski definition) is 0. The van der Waals surface area contributed by atoms with Gasteiger partial charge in [-0.25, -0.2) is 4.39 Å². The average molecular weight is 368 g/mol. The van der Waals surface area contributed by atoms with Gasteiger partial charge in [0.05, 0.1) is 0 Å². The van der Waals surface area contributed by atoms with Crippen LogP contribution >= 0.6 is 0 Å². The zero-order valence-electron chi connectivity index (χ0n) is 15.6. The molecule has 5 rings (SSSR count). The minimum Gasteiger partial charge on any atom is -0.489 e. The number of benzene rings is 2. The van der Waals surface area contributed by atoms with Crippen molar-refractivity contribution >= 4 is 5.91 Å². The fraction of sp³-hybridized carbons (Fsp3) is 0.409. The molecule has 4 nitrogen and oxygen atoms in total. The topological polar surface area (TPSA) is 32.8 Å². The number of likely N-dealkylation sites (N-methyl/N-ethyl adjacent to an activating group) is 1. The molecule has 5 heteroatoms. The summed E-state index contributed by atoms with van der Waals surface area (Å²) >= 11 is 0. The number of piperidine rings is 1. The van der Waals surface area contributed by atoms with Gasteiger partial charge in [-0.1, -0.05) is 18.2 Å². The van der Waals surface area contributed by atoms with Crippen LogP contribution in [0.3, 0.4) is 0 Å². The average Bonchev–Trinajstić information content (AvgIpc) is 2.95. The van der Waals surface area contributed by atoms with Gasteiger partial charge in [0.2, 0.25) is 0 Å². The molecule has 3 heterocycles. The van der Waals surface area contributed by atoms with Crippen molar-refractivity contribution in [3.63, 3.8) is 0 Å². The van der Waals surface area contributed by atoms with Gasteiger partial charge in [0.1, 0.15) is 18.2 Å². The third-order valence-corrected chi connectivity index (χ3v) is 5.53. The van der Waals surface area contributed by atoms with Crippen LogP contribution in [0.15, 0.2) is 48.5 Å². The summed E-state index contributed by atoms with van der Waals surface area (Å²) in [6, 6.07) is 14.0. The Morgan fingerprint density at radius 3 is 2.81 bits per heavy atom. The van der Waals surface area contributed by atoms with Crippen LogP contribution in [0.5, 0.6) is 5.75 Å². The number of halogens is 1. The molecule has 0 aromatic heterocycles. The molecule has 0 aliphatic carbocycles. The van der Waals surface area contributed by atoms with Crippen molar-refractivity contribution in [1.82, 2.24) is 9.80 Å². The van der Waals surface area contributed by atoms with Crippen LogP contribution in [0.2, 0.25) is 0 Å². The highest BCUT2D eigenvalue weighted by molar-refractivity contribution is 5.95. The molecule has 3 aliphatic rings. The lowest BCUT2D eigenvalue weighted by Gasteiger charge is -2.36. The van der Waals surface area contributed by atoms with Crippen LogP contribution in [0.4, 0.5) is 4.39 Å². The first-order valence-electron chi connectivity index (χ1n) is 9.55. The van der Waals surface area contributed by atoms with Crippen molar-refractivity contribution in [1.29, 1.82) is 0 Å². The number of nitrogens with zero attached hydrogens (tertiary/aromatic N) is 2. The highest BCUT2D eigenvalue weighted by atomic mass is 19.1. The summed E-state index contributed by atoms with van der Waals surface area (Å²) in [4.78, 5) is 17.5. The molecule has 2 bridgehead atoms. The SMILES string of the molecule is CN1C[C@@H]2CC[C@H](C1)N(C(=O)c1cccc(OCc3cccc(F)c3)c1)C2. The molecule has 3 saturated heterocycles. The zero-order valence-corrected chi connectivity index (χ0v) is 15.6. The van der Waals surface area contributed by atoms with E-state index in [0.29, 0.717) is 17.2 Å². The van der Waals surface area contributed by atoms with Crippen LogP contribution < -0.4 is 4.74 Å². The third kappa shape index (κ3) is 4.14. The first-order valence-corrected chi connectivity index (χ1v) is 9.55. The lowest BCUT2D eigenvalue weighted by atomic mass is 9.94. The molecule has 0 saturated carbocycles. The molecule has 27 heavy (non-hydrogen) atoms. The highest BCUT2D eigenvalue weighted by Crippen LogP contribution is 2.29. The van der Waals surface area contributed by atoms with E-state index in [1.165, 1.54) is 18.6 Å². The van der Waals surface area contributed by atoms with E-state index in [9.17, 15) is 9.18 Å². The molecule has 1 amide bonds. The summed E-state index contributed by atoms with van der Waals surface area (Å²) in [5, 5.41) is 0. The first-order chi connectivity index (χ1) is 13.1. The second kappa shape index (κ2) is 7.69. The molecule has 0 unspecified atom stereocenters. The maximum absolute atomic E-state index is 13.3. The second-order valence-corrected chi connectivity index (χ2v) is 7.72. The summed E-state index contributed by atoms with van der Waals surface area (Å²) in [6.45, 7) is 3.12. The molecule has 0 spiro atoms. The van der Waals surface area contributed by atoms with E-state index in [0.717, 1.165) is 31.6 Å². The smallest absolute Gasteiger partial charge is 0.254 e. The van der Waals surface area contributed by atoms with Gasteiger partial charge in [0.25, 0.3) is 5.91 Å². The Hall–Kier alpha value is -2.40. The number of amides is 1. The van der Waals surface area contributed by atoms with Gasteiger partial charge in [-0.3, -0.25) is 4.79 Å². The van der Waals surface area contributed by atoms with Crippen molar-refractivity contribution in [2.45, 2.75) is 25.5 Å². The number of carbonyl (C=O) groups excluding carboxylic acids is 1. The Morgan fingerprint density at radius 2 is 1.96 bits per heavy atom. The van der Waals surface area contributed by atoms with Crippen molar-refractivity contribution < 1.29 is 13.9 Å². The Balaban J connectivity index is 1.46. The molecule has 2 aromatic carbocycles. The molecular weight excluding hydrogens is 343 g/mol. The van der Waals surface area contributed by atoms with E-state index in [-0.39, 0.29) is 24.4 Å². The van der Waals surface area contributed by atoms with Crippen LogP contribution in [0.1, 0.15) is 28.8 Å². The fourth-order valence-corrected chi connectivity index (χ4v) is 4.24. The second-order valence-electron chi connectivity index (χ2n) is 7.72. The minimum absolute atomic E-state index is 0.0798. The molecule has 3 fully saturated rings. The van der Waals surface area contributed by atoms with Crippen molar-refractivity contribution in [3.05, 3.63) is 65.5 Å². The molecule has 0 N–H and O–H groups in total. The minimum atomic E-state index is -0.277. The molecular formula is C22H25FN2O2. The van der Waals surface area contributed by atoms with Crippen LogP contribution in [-0.4, -0.2) is 48.4 Å². The lowest BCUT2D eigenvalue weighted by molar-refractivity contribution is 0.0586. The summed E-state index contributed by atoms with van der Waals surface area (Å²) in [6.07, 6.45) is 2.28. The summed E-state index contributed by atoms with van der Waals surface area (Å²) < 4.78 is 19.1. The van der Waals surface area contributed by atoms with Gasteiger partial charge in [-0.2, -0.15) is 0 Å². The van der Waals surface area contributed by atoms with Crippen LogP contribution in [0, 0.1) is 11.7 Å². The van der Waals surface area contributed by atoms with E-state index in [2.05, 4.69) is 11.9 Å².